The zero-order chi connectivity index (χ0) is 10.5. The molecule has 0 aromatic carbocycles. The van der Waals surface area contributed by atoms with E-state index in [4.69, 9.17) is 10.6 Å². The molecular weight excluding hydrogens is 210 g/mol. The lowest BCUT2D eigenvalue weighted by molar-refractivity contribution is 0.298. The fraction of sp³-hybridized carbons (Fsp3) is 0.100. The van der Waals surface area contributed by atoms with Crippen LogP contribution in [0.2, 0.25) is 0 Å². The Bertz CT molecular complexity index is 416. The maximum atomic E-state index is 5.50. The normalized spacial score (nSPS) is 9.93. The zero-order valence-corrected chi connectivity index (χ0v) is 8.83. The Morgan fingerprint density at radius 1 is 1.33 bits per heavy atom. The molecule has 0 saturated heterocycles. The van der Waals surface area contributed by atoms with Gasteiger partial charge in [-0.25, -0.2) is 5.84 Å². The summed E-state index contributed by atoms with van der Waals surface area (Å²) in [5.41, 5.74) is 2.47. The van der Waals surface area contributed by atoms with Crippen LogP contribution in [0.15, 0.2) is 35.7 Å². The number of hydrazine groups is 1. The molecule has 0 aliphatic rings. The second kappa shape index (κ2) is 4.77. The summed E-state index contributed by atoms with van der Waals surface area (Å²) in [7, 11) is 0. The average molecular weight is 221 g/mol. The van der Waals surface area contributed by atoms with E-state index in [0.717, 1.165) is 0 Å². The van der Waals surface area contributed by atoms with Gasteiger partial charge in [0.1, 0.15) is 12.4 Å². The fourth-order valence-corrected chi connectivity index (χ4v) is 1.73. The molecule has 0 radical (unpaired) electrons. The van der Waals surface area contributed by atoms with Crippen LogP contribution in [-0.4, -0.2) is 4.98 Å². The summed E-state index contributed by atoms with van der Waals surface area (Å²) in [4.78, 5) is 5.31. The number of nitrogens with one attached hydrogen (secondary N) is 1. The first-order valence-electron chi connectivity index (χ1n) is 4.47. The number of anilines is 1. The van der Waals surface area contributed by atoms with E-state index in [2.05, 4.69) is 10.4 Å². The van der Waals surface area contributed by atoms with E-state index in [-0.39, 0.29) is 0 Å². The molecule has 2 aromatic rings. The number of thiophene rings is 1. The van der Waals surface area contributed by atoms with E-state index < -0.39 is 0 Å². The molecule has 0 aliphatic carbocycles. The van der Waals surface area contributed by atoms with Crippen molar-refractivity contribution < 1.29 is 4.74 Å². The van der Waals surface area contributed by atoms with Crippen molar-refractivity contribution >= 4 is 17.2 Å². The van der Waals surface area contributed by atoms with Gasteiger partial charge >= 0.3 is 0 Å². The summed E-state index contributed by atoms with van der Waals surface area (Å²) in [6.07, 6.45) is 0. The Kier molecular flexibility index (Phi) is 3.16. The third-order valence-electron chi connectivity index (χ3n) is 1.81. The summed E-state index contributed by atoms with van der Waals surface area (Å²) in [5, 5.41) is 2.02. The number of hydrogen-bond donors (Lipinski definition) is 2. The highest BCUT2D eigenvalue weighted by Gasteiger charge is 1.98. The van der Waals surface area contributed by atoms with Crippen LogP contribution < -0.4 is 16.0 Å². The van der Waals surface area contributed by atoms with Gasteiger partial charge in [0.2, 0.25) is 5.88 Å². The standard InChI is InChI=1S/C10H11N3OS/c11-13-9-4-1-5-10(12-9)14-7-8-3-2-6-15-8/h1-6H,7,11H2,(H,12,13). The molecule has 4 nitrogen and oxygen atoms in total. The molecule has 2 aromatic heterocycles. The molecule has 0 spiro atoms. The van der Waals surface area contributed by atoms with Gasteiger partial charge < -0.3 is 10.2 Å². The van der Waals surface area contributed by atoms with Crippen LogP contribution in [0.3, 0.4) is 0 Å². The molecule has 5 heteroatoms. The summed E-state index contributed by atoms with van der Waals surface area (Å²) in [5.74, 6) is 6.41. The molecule has 0 aliphatic heterocycles. The van der Waals surface area contributed by atoms with Crippen molar-refractivity contribution in [3.05, 3.63) is 40.6 Å². The molecule has 3 N–H and O–H groups in total. The number of pyridine rings is 1. The highest BCUT2D eigenvalue weighted by atomic mass is 32.1. The summed E-state index contributed by atoms with van der Waals surface area (Å²) < 4.78 is 5.50. The Labute approximate surface area is 91.7 Å². The zero-order valence-electron chi connectivity index (χ0n) is 8.01. The van der Waals surface area contributed by atoms with E-state index in [0.29, 0.717) is 18.3 Å². The number of ether oxygens (including phenoxy) is 1. The van der Waals surface area contributed by atoms with Crippen LogP contribution in [-0.2, 0) is 6.61 Å². The topological polar surface area (TPSA) is 60.2 Å². The number of nitrogens with zero attached hydrogens (tertiary/aromatic N) is 1. The Morgan fingerprint density at radius 3 is 3.00 bits per heavy atom. The number of rotatable bonds is 4. The van der Waals surface area contributed by atoms with Gasteiger partial charge in [-0.05, 0) is 17.5 Å². The first kappa shape index (κ1) is 9.95. The molecule has 78 valence electrons. The minimum Gasteiger partial charge on any atom is -0.472 e. The Morgan fingerprint density at radius 2 is 2.27 bits per heavy atom. The number of hydrogen-bond acceptors (Lipinski definition) is 5. The SMILES string of the molecule is NNc1cccc(OCc2cccs2)n1. The van der Waals surface area contributed by atoms with E-state index in [1.807, 2.05) is 23.6 Å². The second-order valence-corrected chi connectivity index (χ2v) is 3.91. The number of nitrogen functional groups attached to an aromatic ring is 1. The lowest BCUT2D eigenvalue weighted by Gasteiger charge is -2.04. The maximum absolute atomic E-state index is 5.50. The van der Waals surface area contributed by atoms with Gasteiger partial charge in [-0.1, -0.05) is 12.1 Å². The first-order chi connectivity index (χ1) is 7.38. The molecule has 0 fully saturated rings. The van der Waals surface area contributed by atoms with E-state index >= 15 is 0 Å². The predicted octanol–water partition coefficient (Wildman–Crippen LogP) is 2.01. The smallest absolute Gasteiger partial charge is 0.215 e. The average Bonchev–Trinajstić information content (AvgIpc) is 2.79. The molecule has 15 heavy (non-hydrogen) atoms. The van der Waals surface area contributed by atoms with Crippen molar-refractivity contribution in [1.82, 2.24) is 4.98 Å². The van der Waals surface area contributed by atoms with Gasteiger partial charge in [-0.3, -0.25) is 0 Å². The van der Waals surface area contributed by atoms with Crippen LogP contribution in [0, 0.1) is 0 Å². The van der Waals surface area contributed by atoms with Crippen molar-refractivity contribution in [1.29, 1.82) is 0 Å². The fourth-order valence-electron chi connectivity index (χ4n) is 1.12. The van der Waals surface area contributed by atoms with Crippen molar-refractivity contribution in [2.75, 3.05) is 5.43 Å². The summed E-state index contributed by atoms with van der Waals surface area (Å²) >= 11 is 1.66. The van der Waals surface area contributed by atoms with Crippen molar-refractivity contribution in [3.63, 3.8) is 0 Å². The number of aromatic nitrogens is 1. The minimum atomic E-state index is 0.540. The van der Waals surface area contributed by atoms with E-state index in [9.17, 15) is 0 Å². The van der Waals surface area contributed by atoms with Crippen LogP contribution >= 0.6 is 11.3 Å². The van der Waals surface area contributed by atoms with Crippen LogP contribution in [0.1, 0.15) is 4.88 Å². The molecule has 0 saturated carbocycles. The first-order valence-corrected chi connectivity index (χ1v) is 5.35. The third-order valence-corrected chi connectivity index (χ3v) is 2.66. The predicted molar refractivity (Wildman–Crippen MR) is 60.7 cm³/mol. The van der Waals surface area contributed by atoms with Crippen molar-refractivity contribution in [2.24, 2.45) is 5.84 Å². The highest BCUT2D eigenvalue weighted by Crippen LogP contribution is 2.14. The Balaban J connectivity index is 1.98. The Hall–Kier alpha value is -1.59. The molecule has 0 atom stereocenters. The minimum absolute atomic E-state index is 0.540. The monoisotopic (exact) mass is 221 g/mol. The molecule has 2 rings (SSSR count). The lowest BCUT2D eigenvalue weighted by atomic mass is 10.4. The summed E-state index contributed by atoms with van der Waals surface area (Å²) in [6.45, 7) is 0.540. The van der Waals surface area contributed by atoms with Crippen molar-refractivity contribution in [3.8, 4) is 5.88 Å². The summed E-state index contributed by atoms with van der Waals surface area (Å²) in [6, 6.07) is 9.43. The lowest BCUT2D eigenvalue weighted by Crippen LogP contribution is -2.08. The molecule has 0 unspecified atom stereocenters. The quantitative estimate of drug-likeness (QED) is 0.612. The second-order valence-electron chi connectivity index (χ2n) is 2.87. The highest BCUT2D eigenvalue weighted by molar-refractivity contribution is 7.09. The third kappa shape index (κ3) is 2.68. The van der Waals surface area contributed by atoms with Gasteiger partial charge in [0.05, 0.1) is 0 Å². The van der Waals surface area contributed by atoms with Gasteiger partial charge in [-0.2, -0.15) is 4.98 Å². The van der Waals surface area contributed by atoms with Crippen LogP contribution in [0.4, 0.5) is 5.82 Å². The van der Waals surface area contributed by atoms with Gasteiger partial charge in [-0.15, -0.1) is 11.3 Å². The maximum Gasteiger partial charge on any atom is 0.215 e. The largest absolute Gasteiger partial charge is 0.472 e. The van der Waals surface area contributed by atoms with E-state index in [1.165, 1.54) is 4.88 Å². The molecule has 0 bridgehead atoms. The molecule has 2 heterocycles. The van der Waals surface area contributed by atoms with Gasteiger partial charge in [0.25, 0.3) is 0 Å². The molecular formula is C10H11N3OS. The van der Waals surface area contributed by atoms with Gasteiger partial charge in [0.15, 0.2) is 0 Å². The van der Waals surface area contributed by atoms with E-state index in [1.54, 1.807) is 23.5 Å². The van der Waals surface area contributed by atoms with Crippen LogP contribution in [0.25, 0.3) is 0 Å². The number of nitrogens with two attached hydrogens (primary N) is 1. The van der Waals surface area contributed by atoms with Crippen LogP contribution in [0.5, 0.6) is 5.88 Å². The molecule has 0 amide bonds. The van der Waals surface area contributed by atoms with Gasteiger partial charge in [0, 0.05) is 10.9 Å². The van der Waals surface area contributed by atoms with Crippen molar-refractivity contribution in [2.45, 2.75) is 6.61 Å².